The number of carboxylic acid groups (broad SMARTS) is 1. The van der Waals surface area contributed by atoms with Crippen LogP contribution in [0.5, 0.6) is 5.75 Å². The number of benzene rings is 1. The van der Waals surface area contributed by atoms with Crippen LogP contribution in [0.15, 0.2) is 42.6 Å². The van der Waals surface area contributed by atoms with Gasteiger partial charge in [-0.3, -0.25) is 0 Å². The summed E-state index contributed by atoms with van der Waals surface area (Å²) >= 11 is 0. The molecule has 6 heteroatoms. The fourth-order valence-electron chi connectivity index (χ4n) is 2.15. The second-order valence-corrected chi connectivity index (χ2v) is 4.76. The maximum Gasteiger partial charge on any atom is 0.354 e. The standard InChI is InChI=1S/C16H15NO5/c18-15(19)13-8-12(16-20-6-7-21-16)14(9-17-13)22-10-11-4-2-1-3-5-11/h1-5,8-9,16H,6-7,10H2,(H,18,19). The second-order valence-electron chi connectivity index (χ2n) is 4.76. The smallest absolute Gasteiger partial charge is 0.354 e. The molecule has 0 bridgehead atoms. The first-order valence-corrected chi connectivity index (χ1v) is 6.87. The van der Waals surface area contributed by atoms with E-state index in [1.807, 2.05) is 30.3 Å². The third kappa shape index (κ3) is 3.24. The second kappa shape index (κ2) is 6.55. The molecule has 1 aliphatic heterocycles. The Labute approximate surface area is 127 Å². The SMILES string of the molecule is O=C(O)c1cc(C2OCCO2)c(OCc2ccccc2)cn1. The first-order valence-electron chi connectivity index (χ1n) is 6.87. The van der Waals surface area contributed by atoms with Crippen LogP contribution in [0.4, 0.5) is 0 Å². The highest BCUT2D eigenvalue weighted by molar-refractivity contribution is 5.85. The summed E-state index contributed by atoms with van der Waals surface area (Å²) in [5.41, 5.74) is 1.48. The molecule has 1 N–H and O–H groups in total. The topological polar surface area (TPSA) is 77.9 Å². The Morgan fingerprint density at radius 1 is 1.27 bits per heavy atom. The van der Waals surface area contributed by atoms with Gasteiger partial charge < -0.3 is 19.3 Å². The Bertz CT molecular complexity index is 653. The fourth-order valence-corrected chi connectivity index (χ4v) is 2.15. The zero-order valence-corrected chi connectivity index (χ0v) is 11.8. The van der Waals surface area contributed by atoms with E-state index >= 15 is 0 Å². The number of ether oxygens (including phenoxy) is 3. The maximum absolute atomic E-state index is 11.1. The Morgan fingerprint density at radius 3 is 2.68 bits per heavy atom. The molecule has 1 aliphatic rings. The molecule has 2 aromatic rings. The van der Waals surface area contributed by atoms with Crippen molar-refractivity contribution in [3.63, 3.8) is 0 Å². The molecule has 114 valence electrons. The summed E-state index contributed by atoms with van der Waals surface area (Å²) in [5, 5.41) is 9.07. The molecule has 2 heterocycles. The number of aromatic nitrogens is 1. The van der Waals surface area contributed by atoms with Gasteiger partial charge in [-0.1, -0.05) is 30.3 Å². The summed E-state index contributed by atoms with van der Waals surface area (Å²) in [6, 6.07) is 11.1. The van der Waals surface area contributed by atoms with Crippen molar-refractivity contribution >= 4 is 5.97 Å². The van der Waals surface area contributed by atoms with Gasteiger partial charge in [0.25, 0.3) is 0 Å². The molecule has 6 nitrogen and oxygen atoms in total. The van der Waals surface area contributed by atoms with E-state index in [-0.39, 0.29) is 5.69 Å². The van der Waals surface area contributed by atoms with E-state index in [1.165, 1.54) is 12.3 Å². The maximum atomic E-state index is 11.1. The van der Waals surface area contributed by atoms with Gasteiger partial charge in [0.1, 0.15) is 18.1 Å². The largest absolute Gasteiger partial charge is 0.487 e. The molecule has 1 fully saturated rings. The van der Waals surface area contributed by atoms with E-state index < -0.39 is 12.3 Å². The third-order valence-corrected chi connectivity index (χ3v) is 3.23. The predicted molar refractivity (Wildman–Crippen MR) is 76.6 cm³/mol. The number of hydrogen-bond donors (Lipinski definition) is 1. The number of rotatable bonds is 5. The van der Waals surface area contributed by atoms with Crippen LogP contribution in [0.1, 0.15) is 27.9 Å². The zero-order valence-electron chi connectivity index (χ0n) is 11.8. The lowest BCUT2D eigenvalue weighted by molar-refractivity contribution is -0.0459. The monoisotopic (exact) mass is 301 g/mol. The third-order valence-electron chi connectivity index (χ3n) is 3.23. The summed E-state index contributed by atoms with van der Waals surface area (Å²) in [6.07, 6.45) is 0.777. The van der Waals surface area contributed by atoms with Crippen LogP contribution < -0.4 is 4.74 Å². The van der Waals surface area contributed by atoms with Crippen LogP contribution in [0.2, 0.25) is 0 Å². The van der Waals surface area contributed by atoms with Gasteiger partial charge in [-0.15, -0.1) is 0 Å². The number of carbonyl (C=O) groups is 1. The predicted octanol–water partition coefficient (Wildman–Crippen LogP) is 2.40. The quantitative estimate of drug-likeness (QED) is 0.913. The molecule has 3 rings (SSSR count). The van der Waals surface area contributed by atoms with Crippen molar-refractivity contribution in [2.45, 2.75) is 12.9 Å². The van der Waals surface area contributed by atoms with Crippen molar-refractivity contribution in [2.75, 3.05) is 13.2 Å². The summed E-state index contributed by atoms with van der Waals surface area (Å²) < 4.78 is 16.6. The minimum Gasteiger partial charge on any atom is -0.487 e. The molecule has 1 saturated heterocycles. The average molecular weight is 301 g/mol. The van der Waals surface area contributed by atoms with Crippen LogP contribution in [-0.2, 0) is 16.1 Å². The van der Waals surface area contributed by atoms with Crippen molar-refractivity contribution in [3.05, 3.63) is 59.4 Å². The molecular formula is C16H15NO5. The normalized spacial score (nSPS) is 14.9. The van der Waals surface area contributed by atoms with Gasteiger partial charge in [0.15, 0.2) is 6.29 Å². The number of pyridine rings is 1. The molecule has 0 aliphatic carbocycles. The summed E-state index contributed by atoms with van der Waals surface area (Å²) in [6.45, 7) is 1.29. The van der Waals surface area contributed by atoms with Crippen molar-refractivity contribution in [1.29, 1.82) is 0 Å². The van der Waals surface area contributed by atoms with Gasteiger partial charge in [0.2, 0.25) is 0 Å². The zero-order chi connectivity index (χ0) is 15.4. The Morgan fingerprint density at radius 2 is 2.00 bits per heavy atom. The molecule has 1 aromatic heterocycles. The molecule has 0 amide bonds. The van der Waals surface area contributed by atoms with E-state index in [2.05, 4.69) is 4.98 Å². The van der Waals surface area contributed by atoms with Gasteiger partial charge in [0, 0.05) is 0 Å². The molecule has 0 radical (unpaired) electrons. The molecule has 0 atom stereocenters. The molecule has 1 aromatic carbocycles. The van der Waals surface area contributed by atoms with Crippen LogP contribution in [0.25, 0.3) is 0 Å². The molecule has 0 spiro atoms. The van der Waals surface area contributed by atoms with Crippen LogP contribution in [0, 0.1) is 0 Å². The molecule has 0 unspecified atom stereocenters. The van der Waals surface area contributed by atoms with Crippen LogP contribution in [0.3, 0.4) is 0 Å². The Hall–Kier alpha value is -2.44. The highest BCUT2D eigenvalue weighted by atomic mass is 16.7. The highest BCUT2D eigenvalue weighted by Gasteiger charge is 2.24. The number of aromatic carboxylic acids is 1. The van der Waals surface area contributed by atoms with E-state index in [0.717, 1.165) is 5.56 Å². The lowest BCUT2D eigenvalue weighted by Gasteiger charge is -2.15. The summed E-state index contributed by atoms with van der Waals surface area (Å²) in [7, 11) is 0. The van der Waals surface area contributed by atoms with Crippen molar-refractivity contribution in [2.24, 2.45) is 0 Å². The Kier molecular flexibility index (Phi) is 4.32. The van der Waals surface area contributed by atoms with Gasteiger partial charge in [-0.2, -0.15) is 0 Å². The van der Waals surface area contributed by atoms with Crippen molar-refractivity contribution in [1.82, 2.24) is 4.98 Å². The minimum atomic E-state index is -1.10. The van der Waals surface area contributed by atoms with Gasteiger partial charge >= 0.3 is 5.97 Å². The lowest BCUT2D eigenvalue weighted by Crippen LogP contribution is -2.08. The number of carboxylic acids is 1. The molecule has 22 heavy (non-hydrogen) atoms. The average Bonchev–Trinajstić information content (AvgIpc) is 3.08. The minimum absolute atomic E-state index is 0.0684. The van der Waals surface area contributed by atoms with Crippen molar-refractivity contribution in [3.8, 4) is 5.75 Å². The van der Waals surface area contributed by atoms with Crippen LogP contribution >= 0.6 is 0 Å². The number of hydrogen-bond acceptors (Lipinski definition) is 5. The summed E-state index contributed by atoms with van der Waals surface area (Å²) in [4.78, 5) is 15.0. The van der Waals surface area contributed by atoms with E-state index in [9.17, 15) is 4.79 Å². The Balaban J connectivity index is 1.83. The molecule has 0 saturated carbocycles. The molecular weight excluding hydrogens is 286 g/mol. The van der Waals surface area contributed by atoms with Crippen LogP contribution in [-0.4, -0.2) is 29.3 Å². The first-order chi connectivity index (χ1) is 10.7. The lowest BCUT2D eigenvalue weighted by atomic mass is 10.2. The van der Waals surface area contributed by atoms with E-state index in [4.69, 9.17) is 19.3 Å². The van der Waals surface area contributed by atoms with E-state index in [0.29, 0.717) is 31.1 Å². The summed E-state index contributed by atoms with van der Waals surface area (Å²) in [5.74, 6) is -0.644. The number of nitrogens with zero attached hydrogens (tertiary/aromatic N) is 1. The van der Waals surface area contributed by atoms with Gasteiger partial charge in [-0.05, 0) is 11.6 Å². The fraction of sp³-hybridized carbons (Fsp3) is 0.250. The highest BCUT2D eigenvalue weighted by Crippen LogP contribution is 2.31. The van der Waals surface area contributed by atoms with Gasteiger partial charge in [-0.25, -0.2) is 9.78 Å². The van der Waals surface area contributed by atoms with E-state index in [1.54, 1.807) is 0 Å². The van der Waals surface area contributed by atoms with Gasteiger partial charge in [0.05, 0.1) is 25.0 Å². The van der Waals surface area contributed by atoms with Crippen molar-refractivity contribution < 1.29 is 24.1 Å². The first kappa shape index (κ1) is 14.5.